The summed E-state index contributed by atoms with van der Waals surface area (Å²) in [4.78, 5) is 16.0. The monoisotopic (exact) mass is 730 g/mol. The summed E-state index contributed by atoms with van der Waals surface area (Å²) >= 11 is 39.5. The van der Waals surface area contributed by atoms with E-state index in [1.165, 1.54) is 0 Å². The first kappa shape index (κ1) is 30.5. The summed E-state index contributed by atoms with van der Waals surface area (Å²) in [5.41, 5.74) is 11.4. The molecule has 230 valence electrons. The van der Waals surface area contributed by atoms with E-state index in [0.717, 1.165) is 77.9 Å². The molecule has 8 bridgehead atoms. The van der Waals surface area contributed by atoms with Crippen molar-refractivity contribution in [2.45, 2.75) is 0 Å². The van der Waals surface area contributed by atoms with Gasteiger partial charge in [0.05, 0.1) is 32.0 Å². The van der Waals surface area contributed by atoms with Crippen LogP contribution >= 0.6 is 69.6 Å². The minimum atomic E-state index is 0.504. The van der Waals surface area contributed by atoms with Crippen molar-refractivity contribution in [3.8, 4) is 33.4 Å². The van der Waals surface area contributed by atoms with Crippen molar-refractivity contribution >= 4 is 115 Å². The first-order valence-electron chi connectivity index (χ1n) is 14.4. The lowest BCUT2D eigenvalue weighted by atomic mass is 10.0. The summed E-state index contributed by atoms with van der Waals surface area (Å²) < 4.78 is 0. The van der Waals surface area contributed by atoms with Gasteiger partial charge in [0.2, 0.25) is 0 Å². The Hall–Kier alpha value is -3.87. The molecule has 0 aliphatic carbocycles. The molecule has 0 saturated heterocycles. The molecular weight excluding hydrogens is 713 g/mol. The van der Waals surface area contributed by atoms with E-state index < -0.39 is 0 Å². The first-order valence-corrected chi connectivity index (χ1v) is 16.7. The third-order valence-corrected chi connectivity index (χ3v) is 9.82. The van der Waals surface area contributed by atoms with Crippen molar-refractivity contribution < 1.29 is 0 Å². The Labute approximate surface area is 298 Å². The second-order valence-corrected chi connectivity index (χ2v) is 13.6. The number of fused-ring (bicyclic) bond motifs is 9. The van der Waals surface area contributed by atoms with E-state index in [2.05, 4.69) is 15.0 Å². The molecular formula is C37H20Cl6N4. The lowest BCUT2D eigenvalue weighted by Crippen LogP contribution is -1.87. The van der Waals surface area contributed by atoms with Crippen LogP contribution in [-0.4, -0.2) is 19.9 Å². The van der Waals surface area contributed by atoms with Gasteiger partial charge < -0.3 is 15.0 Å². The number of hydrogen-bond acceptors (Lipinski definition) is 1. The smallest absolute Gasteiger partial charge is 0.0872 e. The van der Waals surface area contributed by atoms with Crippen molar-refractivity contribution in [2.24, 2.45) is 0 Å². The Bertz CT molecular complexity index is 2560. The predicted octanol–water partition coefficient (Wildman–Crippen LogP) is 13.6. The topological polar surface area (TPSA) is 60.3 Å². The van der Waals surface area contributed by atoms with Crippen molar-refractivity contribution in [1.29, 1.82) is 0 Å². The largest absolute Gasteiger partial charge is 0.354 e. The van der Waals surface area contributed by atoms with Crippen LogP contribution in [0.2, 0.25) is 30.1 Å². The SMILES string of the molecule is Clc1ccc(-c2c3nc(c4ccc([nH]4)c(-c4ccc(Cl)cc4Cl)c4ccc([nH]4)c(-c4ccc(Cl)cc4Cl)c4ccc2[nH]4)C=C3)c(Cl)c1. The van der Waals surface area contributed by atoms with Gasteiger partial charge in [-0.05, 0) is 84.9 Å². The summed E-state index contributed by atoms with van der Waals surface area (Å²) in [6.07, 6.45) is 3.97. The van der Waals surface area contributed by atoms with Crippen LogP contribution in [0.15, 0.2) is 91.0 Å². The number of benzene rings is 3. The highest BCUT2D eigenvalue weighted by molar-refractivity contribution is 6.38. The van der Waals surface area contributed by atoms with E-state index >= 15 is 0 Å². The number of hydrogen-bond donors (Lipinski definition) is 3. The van der Waals surface area contributed by atoms with E-state index in [9.17, 15) is 0 Å². The molecule has 0 fully saturated rings. The number of rotatable bonds is 3. The zero-order valence-corrected chi connectivity index (χ0v) is 28.6. The molecule has 5 heterocycles. The molecule has 0 radical (unpaired) electrons. The number of nitrogens with zero attached hydrogens (tertiary/aromatic N) is 1. The average molecular weight is 733 g/mol. The maximum absolute atomic E-state index is 6.88. The summed E-state index contributed by atoms with van der Waals surface area (Å²) in [5, 5.41) is 3.16. The lowest BCUT2D eigenvalue weighted by Gasteiger charge is -2.08. The van der Waals surface area contributed by atoms with Gasteiger partial charge in [-0.3, -0.25) is 0 Å². The van der Waals surface area contributed by atoms with Crippen LogP contribution in [0, 0.1) is 0 Å². The molecule has 7 aromatic rings. The minimum absolute atomic E-state index is 0.504. The number of aromatic amines is 3. The lowest BCUT2D eigenvalue weighted by molar-refractivity contribution is 1.32. The molecule has 3 N–H and O–H groups in total. The molecule has 4 nitrogen and oxygen atoms in total. The fourth-order valence-electron chi connectivity index (χ4n) is 6.08. The van der Waals surface area contributed by atoms with E-state index in [1.807, 2.05) is 84.9 Å². The second-order valence-electron chi connectivity index (χ2n) is 11.1. The Morgan fingerprint density at radius 1 is 0.362 bits per heavy atom. The molecule has 1 aliphatic rings. The van der Waals surface area contributed by atoms with E-state index in [-0.39, 0.29) is 0 Å². The van der Waals surface area contributed by atoms with Gasteiger partial charge in [0.25, 0.3) is 0 Å². The molecule has 3 aromatic carbocycles. The van der Waals surface area contributed by atoms with Crippen molar-refractivity contribution in [2.75, 3.05) is 0 Å². The first-order chi connectivity index (χ1) is 22.7. The summed E-state index contributed by atoms with van der Waals surface area (Å²) in [6.45, 7) is 0. The van der Waals surface area contributed by atoms with Crippen LogP contribution in [-0.2, 0) is 0 Å². The fourth-order valence-corrected chi connectivity index (χ4v) is 7.59. The van der Waals surface area contributed by atoms with Gasteiger partial charge in [0.15, 0.2) is 0 Å². The van der Waals surface area contributed by atoms with Crippen LogP contribution < -0.4 is 0 Å². The van der Waals surface area contributed by atoms with Crippen LogP contribution in [0.5, 0.6) is 0 Å². The van der Waals surface area contributed by atoms with Crippen LogP contribution in [0.3, 0.4) is 0 Å². The van der Waals surface area contributed by atoms with Gasteiger partial charge in [0, 0.05) is 76.0 Å². The Morgan fingerprint density at radius 2 is 0.702 bits per heavy atom. The number of halogens is 6. The van der Waals surface area contributed by atoms with Crippen LogP contribution in [0.1, 0.15) is 11.4 Å². The zero-order chi connectivity index (χ0) is 32.4. The zero-order valence-electron chi connectivity index (χ0n) is 24.0. The van der Waals surface area contributed by atoms with Gasteiger partial charge >= 0.3 is 0 Å². The fraction of sp³-hybridized carbons (Fsp3) is 0. The highest BCUT2D eigenvalue weighted by Crippen LogP contribution is 2.41. The predicted molar refractivity (Wildman–Crippen MR) is 202 cm³/mol. The normalized spacial score (nSPS) is 12.0. The third-order valence-electron chi connectivity index (χ3n) is 8.18. The Morgan fingerprint density at radius 3 is 1.13 bits per heavy atom. The Kier molecular flexibility index (Phi) is 7.76. The molecule has 0 unspecified atom stereocenters. The number of H-pyrrole nitrogens is 3. The average Bonchev–Trinajstić information content (AvgIpc) is 3.85. The maximum Gasteiger partial charge on any atom is 0.0872 e. The van der Waals surface area contributed by atoms with Gasteiger partial charge in [0.1, 0.15) is 0 Å². The quantitative estimate of drug-likeness (QED) is 0.166. The highest BCUT2D eigenvalue weighted by atomic mass is 35.5. The van der Waals surface area contributed by atoms with Crippen molar-refractivity contribution in [1.82, 2.24) is 19.9 Å². The van der Waals surface area contributed by atoms with Gasteiger partial charge in [-0.2, -0.15) is 0 Å². The Balaban J connectivity index is 1.58. The molecule has 0 spiro atoms. The number of aromatic nitrogens is 4. The van der Waals surface area contributed by atoms with E-state index in [1.54, 1.807) is 18.2 Å². The maximum atomic E-state index is 6.88. The minimum Gasteiger partial charge on any atom is -0.354 e. The van der Waals surface area contributed by atoms with Gasteiger partial charge in [-0.15, -0.1) is 0 Å². The standard InChI is InChI=1S/C37H20Cl6N4/c38-18-1-4-21(24(41)15-18)35-29-9-7-27(44-29)28-8-10-30(45-28)36(22-5-2-19(39)16-25(22)42)32-12-14-34(47-32)37(33-13-11-31(35)46-33)23-6-3-20(40)17-26(23)43/h1-17,44,46-47H. The molecule has 0 saturated carbocycles. The summed E-state index contributed by atoms with van der Waals surface area (Å²) in [6, 6.07) is 28.5. The van der Waals surface area contributed by atoms with Crippen LogP contribution in [0.25, 0.3) is 78.6 Å². The summed E-state index contributed by atoms with van der Waals surface area (Å²) in [7, 11) is 0. The second kappa shape index (κ2) is 12.0. The summed E-state index contributed by atoms with van der Waals surface area (Å²) in [5.74, 6) is 0. The van der Waals surface area contributed by atoms with E-state index in [0.29, 0.717) is 30.1 Å². The molecule has 47 heavy (non-hydrogen) atoms. The van der Waals surface area contributed by atoms with Gasteiger partial charge in [-0.25, -0.2) is 4.98 Å². The highest BCUT2D eigenvalue weighted by Gasteiger charge is 2.18. The van der Waals surface area contributed by atoms with Crippen molar-refractivity contribution in [3.63, 3.8) is 0 Å². The van der Waals surface area contributed by atoms with Crippen LogP contribution in [0.4, 0.5) is 0 Å². The van der Waals surface area contributed by atoms with Gasteiger partial charge in [-0.1, -0.05) is 87.8 Å². The molecule has 10 heteroatoms. The molecule has 0 amide bonds. The third kappa shape index (κ3) is 5.49. The molecule has 4 aromatic heterocycles. The molecule has 0 atom stereocenters. The van der Waals surface area contributed by atoms with Crippen molar-refractivity contribution in [3.05, 3.63) is 133 Å². The number of nitrogens with one attached hydrogen (secondary N) is 3. The van der Waals surface area contributed by atoms with E-state index in [4.69, 9.17) is 74.6 Å². The molecule has 1 aliphatic heterocycles. The molecule has 8 rings (SSSR count).